The Labute approximate surface area is 152 Å². The summed E-state index contributed by atoms with van der Waals surface area (Å²) in [5.74, 6) is -0.440. The first kappa shape index (κ1) is 17.9. The summed E-state index contributed by atoms with van der Waals surface area (Å²) in [7, 11) is 0. The van der Waals surface area contributed by atoms with Crippen LogP contribution in [-0.2, 0) is 0 Å². The Morgan fingerprint density at radius 3 is 2.74 bits per heavy atom. The summed E-state index contributed by atoms with van der Waals surface area (Å²) < 4.78 is 6.29. The van der Waals surface area contributed by atoms with E-state index in [0.717, 1.165) is 4.47 Å². The van der Waals surface area contributed by atoms with Crippen LogP contribution in [-0.4, -0.2) is 24.2 Å². The Balaban J connectivity index is 1.84. The average Bonchev–Trinajstić information content (AvgIpc) is 2.51. The van der Waals surface area contributed by atoms with Crippen LogP contribution >= 0.6 is 39.1 Å². The predicted octanol–water partition coefficient (Wildman–Crippen LogP) is 5.34. The molecule has 2 aromatic rings. The number of anilines is 1. The van der Waals surface area contributed by atoms with Crippen LogP contribution in [0.25, 0.3) is 0 Å². The summed E-state index contributed by atoms with van der Waals surface area (Å²) in [6, 6.07) is 10.1. The summed E-state index contributed by atoms with van der Waals surface area (Å²) in [5, 5.41) is 13.3. The molecule has 23 heavy (non-hydrogen) atoms. The Morgan fingerprint density at radius 2 is 2.00 bits per heavy atom. The molecule has 0 aliphatic carbocycles. The van der Waals surface area contributed by atoms with E-state index in [4.69, 9.17) is 27.9 Å². The molecule has 0 unspecified atom stereocenters. The summed E-state index contributed by atoms with van der Waals surface area (Å²) in [6.07, 6.45) is 0.679. The number of carbonyl (C=O) groups is 1. The van der Waals surface area contributed by atoms with E-state index in [1.165, 1.54) is 0 Å². The Kier molecular flexibility index (Phi) is 6.57. The number of benzene rings is 2. The van der Waals surface area contributed by atoms with Crippen molar-refractivity contribution in [3.63, 3.8) is 0 Å². The monoisotopic (exact) mass is 417 g/mol. The molecule has 0 amide bonds. The maximum atomic E-state index is 11.2. The molecule has 0 heterocycles. The Morgan fingerprint density at radius 1 is 1.22 bits per heavy atom. The van der Waals surface area contributed by atoms with Gasteiger partial charge in [-0.15, -0.1) is 0 Å². The van der Waals surface area contributed by atoms with Crippen molar-refractivity contribution in [3.8, 4) is 5.75 Å². The first-order valence-corrected chi connectivity index (χ1v) is 8.37. The maximum absolute atomic E-state index is 11.2. The van der Waals surface area contributed by atoms with Crippen LogP contribution in [0.5, 0.6) is 5.75 Å². The van der Waals surface area contributed by atoms with Gasteiger partial charge in [-0.25, -0.2) is 4.79 Å². The normalized spacial score (nSPS) is 10.4. The SMILES string of the molecule is O=C(O)c1cc(Br)ccc1NCCCOc1cc(Cl)ccc1Cl. The van der Waals surface area contributed by atoms with Crippen LogP contribution in [0.2, 0.25) is 10.0 Å². The van der Waals surface area contributed by atoms with E-state index in [1.807, 2.05) is 0 Å². The number of carboxylic acid groups (broad SMARTS) is 1. The quantitative estimate of drug-likeness (QED) is 0.596. The van der Waals surface area contributed by atoms with Crippen LogP contribution in [0, 0.1) is 0 Å². The molecule has 0 aliphatic rings. The van der Waals surface area contributed by atoms with Crippen LogP contribution in [0.4, 0.5) is 5.69 Å². The molecule has 0 spiro atoms. The fourth-order valence-corrected chi connectivity index (χ4v) is 2.61. The van der Waals surface area contributed by atoms with Gasteiger partial charge < -0.3 is 15.2 Å². The van der Waals surface area contributed by atoms with Crippen LogP contribution in [0.15, 0.2) is 40.9 Å². The number of halogens is 3. The molecule has 7 heteroatoms. The van der Waals surface area contributed by atoms with Gasteiger partial charge in [0, 0.05) is 27.8 Å². The topological polar surface area (TPSA) is 58.6 Å². The Bertz CT molecular complexity index is 710. The first-order valence-electron chi connectivity index (χ1n) is 6.82. The van der Waals surface area contributed by atoms with Gasteiger partial charge in [0.25, 0.3) is 0 Å². The minimum absolute atomic E-state index is 0.221. The highest BCUT2D eigenvalue weighted by Gasteiger charge is 2.10. The number of carboxylic acids is 1. The molecule has 0 fully saturated rings. The highest BCUT2D eigenvalue weighted by atomic mass is 79.9. The lowest BCUT2D eigenvalue weighted by Gasteiger charge is -2.11. The zero-order chi connectivity index (χ0) is 16.8. The number of aromatic carboxylic acids is 1. The van der Waals surface area contributed by atoms with E-state index >= 15 is 0 Å². The van der Waals surface area contributed by atoms with Gasteiger partial charge in [0.1, 0.15) is 5.75 Å². The summed E-state index contributed by atoms with van der Waals surface area (Å²) in [6.45, 7) is 1.01. The van der Waals surface area contributed by atoms with Gasteiger partial charge in [-0.1, -0.05) is 39.1 Å². The van der Waals surface area contributed by atoms with Crippen LogP contribution < -0.4 is 10.1 Å². The number of hydrogen-bond donors (Lipinski definition) is 2. The van der Waals surface area contributed by atoms with Crippen molar-refractivity contribution in [2.45, 2.75) is 6.42 Å². The summed E-state index contributed by atoms with van der Waals surface area (Å²) in [5.41, 5.74) is 0.791. The molecule has 4 nitrogen and oxygen atoms in total. The smallest absolute Gasteiger partial charge is 0.337 e. The number of hydrogen-bond acceptors (Lipinski definition) is 3. The molecule has 122 valence electrons. The number of nitrogens with one attached hydrogen (secondary N) is 1. The lowest BCUT2D eigenvalue weighted by molar-refractivity contribution is 0.0698. The average molecular weight is 419 g/mol. The molecule has 0 bridgehead atoms. The standard InChI is InChI=1S/C16H14BrCl2NO3/c17-10-2-5-14(12(8-10)16(21)22)20-6-1-7-23-15-9-11(18)3-4-13(15)19/h2-5,8-9,20H,1,6-7H2,(H,21,22). The Hall–Kier alpha value is -1.43. The predicted molar refractivity (Wildman–Crippen MR) is 96.2 cm³/mol. The van der Waals surface area contributed by atoms with Crippen molar-refractivity contribution in [1.82, 2.24) is 0 Å². The third-order valence-corrected chi connectivity index (χ3v) is 4.04. The van der Waals surface area contributed by atoms with E-state index in [1.54, 1.807) is 36.4 Å². The molecule has 0 saturated carbocycles. The highest BCUT2D eigenvalue weighted by molar-refractivity contribution is 9.10. The molecular weight excluding hydrogens is 405 g/mol. The van der Waals surface area contributed by atoms with Gasteiger partial charge in [-0.05, 0) is 36.8 Å². The highest BCUT2D eigenvalue weighted by Crippen LogP contribution is 2.27. The van der Waals surface area contributed by atoms with Crippen molar-refractivity contribution >= 4 is 50.8 Å². The number of ether oxygens (including phenoxy) is 1. The van der Waals surface area contributed by atoms with E-state index in [2.05, 4.69) is 21.2 Å². The molecule has 0 radical (unpaired) electrons. The third kappa shape index (κ3) is 5.30. The fourth-order valence-electron chi connectivity index (χ4n) is 1.91. The van der Waals surface area contributed by atoms with Crippen molar-refractivity contribution in [3.05, 3.63) is 56.5 Å². The molecule has 0 saturated heterocycles. The van der Waals surface area contributed by atoms with E-state index < -0.39 is 5.97 Å². The van der Waals surface area contributed by atoms with Crippen molar-refractivity contribution in [1.29, 1.82) is 0 Å². The van der Waals surface area contributed by atoms with Gasteiger partial charge in [0.05, 0.1) is 17.2 Å². The summed E-state index contributed by atoms with van der Waals surface area (Å²) >= 11 is 15.2. The van der Waals surface area contributed by atoms with Gasteiger partial charge in [-0.3, -0.25) is 0 Å². The second-order valence-electron chi connectivity index (χ2n) is 4.70. The fraction of sp³-hybridized carbons (Fsp3) is 0.188. The van der Waals surface area contributed by atoms with Crippen LogP contribution in [0.1, 0.15) is 16.8 Å². The lowest BCUT2D eigenvalue weighted by atomic mass is 10.2. The molecule has 2 aromatic carbocycles. The maximum Gasteiger partial charge on any atom is 0.337 e. The van der Waals surface area contributed by atoms with Gasteiger partial charge in [0.15, 0.2) is 0 Å². The lowest BCUT2D eigenvalue weighted by Crippen LogP contribution is -2.10. The second kappa shape index (κ2) is 8.43. The second-order valence-corrected chi connectivity index (χ2v) is 6.46. The molecule has 2 rings (SSSR count). The largest absolute Gasteiger partial charge is 0.492 e. The van der Waals surface area contributed by atoms with Crippen molar-refractivity contribution in [2.75, 3.05) is 18.5 Å². The number of rotatable bonds is 7. The van der Waals surface area contributed by atoms with Crippen molar-refractivity contribution in [2.24, 2.45) is 0 Å². The molecule has 0 aromatic heterocycles. The molecule has 0 atom stereocenters. The third-order valence-electron chi connectivity index (χ3n) is 3.00. The van der Waals surface area contributed by atoms with Gasteiger partial charge in [-0.2, -0.15) is 0 Å². The summed E-state index contributed by atoms with van der Waals surface area (Å²) in [4.78, 5) is 11.2. The van der Waals surface area contributed by atoms with E-state index in [0.29, 0.717) is 41.1 Å². The zero-order valence-electron chi connectivity index (χ0n) is 12.0. The first-order chi connectivity index (χ1) is 11.0. The molecule has 0 aliphatic heterocycles. The van der Waals surface area contributed by atoms with Gasteiger partial charge in [0.2, 0.25) is 0 Å². The van der Waals surface area contributed by atoms with Crippen LogP contribution in [0.3, 0.4) is 0 Å². The van der Waals surface area contributed by atoms with E-state index in [9.17, 15) is 9.90 Å². The zero-order valence-corrected chi connectivity index (χ0v) is 15.1. The minimum Gasteiger partial charge on any atom is -0.492 e. The van der Waals surface area contributed by atoms with E-state index in [-0.39, 0.29) is 5.56 Å². The van der Waals surface area contributed by atoms with Gasteiger partial charge >= 0.3 is 5.97 Å². The minimum atomic E-state index is -0.976. The molecule has 2 N–H and O–H groups in total. The molecular formula is C16H14BrCl2NO3. The van der Waals surface area contributed by atoms with Crippen molar-refractivity contribution < 1.29 is 14.6 Å².